The number of oxime groups is 1. The van der Waals surface area contributed by atoms with Gasteiger partial charge >= 0.3 is 0 Å². The Kier molecular flexibility index (Phi) is 4.52. The minimum absolute atomic E-state index is 0.0818. The highest BCUT2D eigenvalue weighted by Crippen LogP contribution is 2.12. The Morgan fingerprint density at radius 1 is 1.41 bits per heavy atom. The summed E-state index contributed by atoms with van der Waals surface area (Å²) in [5.41, 5.74) is 9.39. The van der Waals surface area contributed by atoms with Crippen LogP contribution in [0.25, 0.3) is 0 Å². The van der Waals surface area contributed by atoms with Gasteiger partial charge < -0.3 is 10.9 Å². The third-order valence-corrected chi connectivity index (χ3v) is 3.21. The normalized spacial score (nSPS) is 14.1. The summed E-state index contributed by atoms with van der Waals surface area (Å²) in [5.74, 6) is 0.233. The molecule has 17 heavy (non-hydrogen) atoms. The first-order chi connectivity index (χ1) is 7.95. The maximum Gasteiger partial charge on any atom is 0.156 e. The maximum atomic E-state index is 8.64. The zero-order valence-electron chi connectivity index (χ0n) is 10.9. The van der Waals surface area contributed by atoms with Crippen molar-refractivity contribution in [3.05, 3.63) is 34.9 Å². The van der Waals surface area contributed by atoms with Crippen LogP contribution in [0.5, 0.6) is 0 Å². The van der Waals surface area contributed by atoms with Crippen LogP contribution >= 0.6 is 0 Å². The van der Waals surface area contributed by atoms with Gasteiger partial charge in [-0.2, -0.15) is 0 Å². The van der Waals surface area contributed by atoms with Crippen molar-refractivity contribution in [3.63, 3.8) is 0 Å². The number of nitrogens with two attached hydrogens (primary N) is 1. The van der Waals surface area contributed by atoms with Crippen molar-refractivity contribution in [2.45, 2.75) is 33.4 Å². The topological polar surface area (TPSA) is 61.8 Å². The van der Waals surface area contributed by atoms with Gasteiger partial charge in [-0.05, 0) is 44.5 Å². The molecule has 0 amide bonds. The number of hydrogen-bond donors (Lipinski definition) is 2. The van der Waals surface area contributed by atoms with Gasteiger partial charge in [0.2, 0.25) is 0 Å². The lowest BCUT2D eigenvalue weighted by Gasteiger charge is -2.23. The van der Waals surface area contributed by atoms with Crippen molar-refractivity contribution in [2.24, 2.45) is 10.9 Å². The van der Waals surface area contributed by atoms with Crippen LogP contribution in [0, 0.1) is 13.8 Å². The highest BCUT2D eigenvalue weighted by atomic mass is 16.4. The summed E-state index contributed by atoms with van der Waals surface area (Å²) in [4.78, 5) is 2.04. The minimum atomic E-state index is -0.0818. The van der Waals surface area contributed by atoms with E-state index in [4.69, 9.17) is 10.9 Å². The van der Waals surface area contributed by atoms with E-state index >= 15 is 0 Å². The Bertz CT molecular complexity index is 415. The number of nitrogens with zero attached hydrogens (tertiary/aromatic N) is 2. The zero-order chi connectivity index (χ0) is 13.0. The molecule has 0 aliphatic heterocycles. The molecule has 0 radical (unpaired) electrons. The van der Waals surface area contributed by atoms with Gasteiger partial charge in [0.25, 0.3) is 0 Å². The quantitative estimate of drug-likeness (QED) is 0.362. The lowest BCUT2D eigenvalue weighted by Crippen LogP contribution is -2.40. The van der Waals surface area contributed by atoms with Gasteiger partial charge in [-0.25, -0.2) is 0 Å². The van der Waals surface area contributed by atoms with E-state index < -0.39 is 0 Å². The van der Waals surface area contributed by atoms with E-state index in [1.807, 2.05) is 18.9 Å². The minimum Gasteiger partial charge on any atom is -0.409 e. The summed E-state index contributed by atoms with van der Waals surface area (Å²) < 4.78 is 0. The van der Waals surface area contributed by atoms with Gasteiger partial charge in [0, 0.05) is 6.54 Å². The van der Waals surface area contributed by atoms with Crippen LogP contribution in [0.2, 0.25) is 0 Å². The molecule has 0 fully saturated rings. The number of hydrogen-bond acceptors (Lipinski definition) is 3. The van der Waals surface area contributed by atoms with Gasteiger partial charge in [0.05, 0.1) is 6.04 Å². The van der Waals surface area contributed by atoms with E-state index in [-0.39, 0.29) is 11.9 Å². The predicted molar refractivity (Wildman–Crippen MR) is 70.3 cm³/mol. The summed E-state index contributed by atoms with van der Waals surface area (Å²) in [6, 6.07) is 6.32. The standard InChI is InChI=1S/C13H21N3O/c1-9-5-6-12(7-10(9)2)8-16(4)11(3)13(14)15-17/h5-7,11,17H,8H2,1-4H3,(H2,14,15). The first kappa shape index (κ1) is 13.5. The average molecular weight is 235 g/mol. The molecule has 0 saturated carbocycles. The number of rotatable bonds is 4. The second kappa shape index (κ2) is 5.68. The molecule has 0 bridgehead atoms. The van der Waals surface area contributed by atoms with Crippen molar-refractivity contribution in [1.29, 1.82) is 0 Å². The Labute approximate surface area is 103 Å². The predicted octanol–water partition coefficient (Wildman–Crippen LogP) is 1.87. The van der Waals surface area contributed by atoms with Crippen LogP contribution < -0.4 is 5.73 Å². The zero-order valence-corrected chi connectivity index (χ0v) is 10.9. The van der Waals surface area contributed by atoms with E-state index in [2.05, 4.69) is 37.2 Å². The smallest absolute Gasteiger partial charge is 0.156 e. The van der Waals surface area contributed by atoms with Crippen LogP contribution in [0.1, 0.15) is 23.6 Å². The summed E-state index contributed by atoms with van der Waals surface area (Å²) in [7, 11) is 1.96. The Hall–Kier alpha value is -1.55. The number of amidine groups is 1. The van der Waals surface area contributed by atoms with Crippen LogP contribution in [0.15, 0.2) is 23.4 Å². The van der Waals surface area contributed by atoms with E-state index in [0.717, 1.165) is 6.54 Å². The van der Waals surface area contributed by atoms with E-state index in [9.17, 15) is 0 Å². The molecule has 1 aromatic rings. The molecule has 4 nitrogen and oxygen atoms in total. The molecular weight excluding hydrogens is 214 g/mol. The fourth-order valence-corrected chi connectivity index (χ4v) is 1.64. The number of benzene rings is 1. The first-order valence-electron chi connectivity index (χ1n) is 5.69. The maximum absolute atomic E-state index is 8.64. The van der Waals surface area contributed by atoms with Crippen LogP contribution in [0.4, 0.5) is 0 Å². The van der Waals surface area contributed by atoms with E-state index in [1.165, 1.54) is 16.7 Å². The van der Waals surface area contributed by atoms with Crippen molar-refractivity contribution in [1.82, 2.24) is 4.90 Å². The highest BCUT2D eigenvalue weighted by Gasteiger charge is 2.14. The summed E-state index contributed by atoms with van der Waals surface area (Å²) in [6.07, 6.45) is 0. The highest BCUT2D eigenvalue weighted by molar-refractivity contribution is 5.84. The Morgan fingerprint density at radius 3 is 2.59 bits per heavy atom. The third-order valence-electron chi connectivity index (χ3n) is 3.21. The average Bonchev–Trinajstić information content (AvgIpc) is 2.31. The van der Waals surface area contributed by atoms with Gasteiger partial charge in [-0.15, -0.1) is 0 Å². The monoisotopic (exact) mass is 235 g/mol. The molecule has 1 aromatic carbocycles. The van der Waals surface area contributed by atoms with Gasteiger partial charge in [-0.1, -0.05) is 23.4 Å². The molecule has 0 aliphatic rings. The lowest BCUT2D eigenvalue weighted by atomic mass is 10.1. The van der Waals surface area contributed by atoms with Crippen LogP contribution in [-0.2, 0) is 6.54 Å². The Morgan fingerprint density at radius 2 is 2.06 bits per heavy atom. The molecule has 1 rings (SSSR count). The van der Waals surface area contributed by atoms with E-state index in [0.29, 0.717) is 0 Å². The second-order valence-corrected chi connectivity index (χ2v) is 4.53. The largest absolute Gasteiger partial charge is 0.409 e. The molecule has 0 aliphatic carbocycles. The molecule has 0 spiro atoms. The van der Waals surface area contributed by atoms with Crippen LogP contribution in [-0.4, -0.2) is 29.0 Å². The number of aryl methyl sites for hydroxylation is 2. The van der Waals surface area contributed by atoms with Gasteiger partial charge in [0.15, 0.2) is 5.84 Å². The Balaban J connectivity index is 2.74. The molecule has 1 atom stereocenters. The fourth-order valence-electron chi connectivity index (χ4n) is 1.64. The van der Waals surface area contributed by atoms with Crippen molar-refractivity contribution < 1.29 is 5.21 Å². The van der Waals surface area contributed by atoms with Gasteiger partial charge in [0.1, 0.15) is 0 Å². The molecule has 3 N–H and O–H groups in total. The summed E-state index contributed by atoms with van der Waals surface area (Å²) in [5, 5.41) is 11.7. The molecule has 0 saturated heterocycles. The third kappa shape index (κ3) is 3.46. The SMILES string of the molecule is Cc1ccc(CN(C)C(C)C(N)=NO)cc1C. The molecular formula is C13H21N3O. The molecule has 0 aromatic heterocycles. The lowest BCUT2D eigenvalue weighted by molar-refractivity contribution is 0.279. The molecule has 94 valence electrons. The van der Waals surface area contributed by atoms with E-state index in [1.54, 1.807) is 0 Å². The van der Waals surface area contributed by atoms with Crippen molar-refractivity contribution in [2.75, 3.05) is 7.05 Å². The van der Waals surface area contributed by atoms with Crippen molar-refractivity contribution >= 4 is 5.84 Å². The van der Waals surface area contributed by atoms with Gasteiger partial charge in [-0.3, -0.25) is 4.90 Å². The second-order valence-electron chi connectivity index (χ2n) is 4.53. The molecule has 4 heteroatoms. The fraction of sp³-hybridized carbons (Fsp3) is 0.462. The molecule has 1 unspecified atom stereocenters. The number of likely N-dealkylation sites (N-methyl/N-ethyl adjacent to an activating group) is 1. The summed E-state index contributed by atoms with van der Waals surface area (Å²) >= 11 is 0. The molecule has 0 heterocycles. The summed E-state index contributed by atoms with van der Waals surface area (Å²) in [6.45, 7) is 6.89. The van der Waals surface area contributed by atoms with Crippen molar-refractivity contribution in [3.8, 4) is 0 Å². The first-order valence-corrected chi connectivity index (χ1v) is 5.69. The van der Waals surface area contributed by atoms with Crippen LogP contribution in [0.3, 0.4) is 0 Å².